The molecule has 2 aromatic rings. The van der Waals surface area contributed by atoms with Crippen LogP contribution in [-0.4, -0.2) is 15.5 Å². The fraction of sp³-hybridized carbons (Fsp3) is 0.231. The van der Waals surface area contributed by atoms with Crippen molar-refractivity contribution in [3.8, 4) is 0 Å². The SMILES string of the molecule is CCn1cc(NC(=O)c2c[nH]c(C)c2)ccc1=O. The van der Waals surface area contributed by atoms with Gasteiger partial charge in [-0.25, -0.2) is 0 Å². The Bertz CT molecular complexity index is 625. The van der Waals surface area contributed by atoms with Gasteiger partial charge in [-0.2, -0.15) is 0 Å². The van der Waals surface area contributed by atoms with E-state index in [9.17, 15) is 9.59 Å². The molecule has 0 saturated carbocycles. The molecule has 2 N–H and O–H groups in total. The van der Waals surface area contributed by atoms with Gasteiger partial charge in [0.2, 0.25) is 0 Å². The summed E-state index contributed by atoms with van der Waals surface area (Å²) in [6, 6.07) is 4.82. The molecule has 5 nitrogen and oxygen atoms in total. The van der Waals surface area contributed by atoms with E-state index in [0.29, 0.717) is 17.8 Å². The van der Waals surface area contributed by atoms with Gasteiger partial charge in [0.05, 0.1) is 11.3 Å². The summed E-state index contributed by atoms with van der Waals surface area (Å²) in [5, 5.41) is 2.75. The van der Waals surface area contributed by atoms with E-state index in [2.05, 4.69) is 10.3 Å². The van der Waals surface area contributed by atoms with E-state index in [1.54, 1.807) is 24.5 Å². The molecule has 94 valence electrons. The van der Waals surface area contributed by atoms with Gasteiger partial charge >= 0.3 is 0 Å². The predicted molar refractivity (Wildman–Crippen MR) is 69.9 cm³/mol. The first-order valence-corrected chi connectivity index (χ1v) is 5.77. The Hall–Kier alpha value is -2.30. The second-order valence-electron chi connectivity index (χ2n) is 4.07. The highest BCUT2D eigenvalue weighted by atomic mass is 16.1. The third-order valence-corrected chi connectivity index (χ3v) is 2.67. The van der Waals surface area contributed by atoms with Crippen LogP contribution < -0.4 is 10.9 Å². The van der Waals surface area contributed by atoms with Crippen molar-refractivity contribution < 1.29 is 4.79 Å². The molecule has 0 atom stereocenters. The van der Waals surface area contributed by atoms with Gasteiger partial charge in [-0.1, -0.05) is 0 Å². The highest BCUT2D eigenvalue weighted by molar-refractivity contribution is 6.04. The summed E-state index contributed by atoms with van der Waals surface area (Å²) >= 11 is 0. The largest absolute Gasteiger partial charge is 0.364 e. The normalized spacial score (nSPS) is 10.3. The molecule has 0 saturated heterocycles. The molecule has 0 unspecified atom stereocenters. The number of anilines is 1. The molecule has 5 heteroatoms. The Morgan fingerprint density at radius 3 is 2.83 bits per heavy atom. The van der Waals surface area contributed by atoms with Crippen LogP contribution in [0, 0.1) is 6.92 Å². The molecule has 0 aliphatic heterocycles. The van der Waals surface area contributed by atoms with Gasteiger partial charge < -0.3 is 14.9 Å². The third-order valence-electron chi connectivity index (χ3n) is 2.67. The van der Waals surface area contributed by atoms with E-state index in [0.717, 1.165) is 5.69 Å². The fourth-order valence-corrected chi connectivity index (χ4v) is 1.69. The van der Waals surface area contributed by atoms with Crippen LogP contribution in [0.15, 0.2) is 35.4 Å². The van der Waals surface area contributed by atoms with Crippen LogP contribution in [0.25, 0.3) is 0 Å². The molecule has 2 rings (SSSR count). The van der Waals surface area contributed by atoms with Crippen molar-refractivity contribution in [1.82, 2.24) is 9.55 Å². The van der Waals surface area contributed by atoms with Gasteiger partial charge in [0, 0.05) is 30.7 Å². The van der Waals surface area contributed by atoms with E-state index in [4.69, 9.17) is 0 Å². The first kappa shape index (κ1) is 12.2. The molecule has 18 heavy (non-hydrogen) atoms. The lowest BCUT2D eigenvalue weighted by Crippen LogP contribution is -2.19. The molecule has 1 amide bonds. The van der Waals surface area contributed by atoms with Gasteiger partial charge in [-0.05, 0) is 26.0 Å². The van der Waals surface area contributed by atoms with Gasteiger partial charge in [0.15, 0.2) is 0 Å². The summed E-state index contributed by atoms with van der Waals surface area (Å²) in [6.07, 6.45) is 3.29. The van der Waals surface area contributed by atoms with Crippen molar-refractivity contribution in [1.29, 1.82) is 0 Å². The van der Waals surface area contributed by atoms with Crippen molar-refractivity contribution in [2.24, 2.45) is 0 Å². The standard InChI is InChI=1S/C13H15N3O2/c1-3-16-8-11(4-5-12(16)17)15-13(18)10-6-9(2)14-7-10/h4-8,14H,3H2,1-2H3,(H,15,18). The second-order valence-corrected chi connectivity index (χ2v) is 4.07. The number of nitrogens with one attached hydrogen (secondary N) is 2. The summed E-state index contributed by atoms with van der Waals surface area (Å²) in [6.45, 7) is 4.34. The van der Waals surface area contributed by atoms with Crippen molar-refractivity contribution in [2.75, 3.05) is 5.32 Å². The minimum atomic E-state index is -0.194. The number of aromatic amines is 1. The van der Waals surface area contributed by atoms with Crippen LogP contribution >= 0.6 is 0 Å². The van der Waals surface area contributed by atoms with Crippen LogP contribution in [0.3, 0.4) is 0 Å². The minimum Gasteiger partial charge on any atom is -0.364 e. The fourth-order valence-electron chi connectivity index (χ4n) is 1.69. The molecule has 0 spiro atoms. The molecule has 0 aliphatic rings. The summed E-state index contributed by atoms with van der Waals surface area (Å²) in [7, 11) is 0. The molecule has 0 fully saturated rings. The van der Waals surface area contributed by atoms with Crippen molar-refractivity contribution >= 4 is 11.6 Å². The number of nitrogens with zero attached hydrogens (tertiary/aromatic N) is 1. The lowest BCUT2D eigenvalue weighted by atomic mass is 10.3. The van der Waals surface area contributed by atoms with E-state index >= 15 is 0 Å². The molecule has 2 aromatic heterocycles. The first-order chi connectivity index (χ1) is 8.60. The number of pyridine rings is 1. The van der Waals surface area contributed by atoms with Crippen LogP contribution in [0.4, 0.5) is 5.69 Å². The maximum absolute atomic E-state index is 11.9. The lowest BCUT2D eigenvalue weighted by Gasteiger charge is -2.06. The highest BCUT2D eigenvalue weighted by Gasteiger charge is 2.07. The maximum atomic E-state index is 11.9. The monoisotopic (exact) mass is 245 g/mol. The number of H-pyrrole nitrogens is 1. The number of rotatable bonds is 3. The van der Waals surface area contributed by atoms with Gasteiger partial charge in [-0.3, -0.25) is 9.59 Å². The Morgan fingerprint density at radius 1 is 1.44 bits per heavy atom. The lowest BCUT2D eigenvalue weighted by molar-refractivity contribution is 0.102. The van der Waals surface area contributed by atoms with Gasteiger partial charge in [0.25, 0.3) is 11.5 Å². The molecule has 2 heterocycles. The molecule has 0 radical (unpaired) electrons. The van der Waals surface area contributed by atoms with Crippen molar-refractivity contribution in [3.05, 3.63) is 52.2 Å². The quantitative estimate of drug-likeness (QED) is 0.865. The van der Waals surface area contributed by atoms with Crippen LogP contribution in [0.5, 0.6) is 0 Å². The van der Waals surface area contributed by atoms with Crippen molar-refractivity contribution in [2.45, 2.75) is 20.4 Å². The third kappa shape index (κ3) is 2.51. The average Bonchev–Trinajstić information content (AvgIpc) is 2.78. The molecular weight excluding hydrogens is 230 g/mol. The van der Waals surface area contributed by atoms with Gasteiger partial charge in [-0.15, -0.1) is 0 Å². The zero-order valence-electron chi connectivity index (χ0n) is 10.4. The molecule has 0 aromatic carbocycles. The topological polar surface area (TPSA) is 66.9 Å². The van der Waals surface area contributed by atoms with E-state index in [1.165, 1.54) is 10.6 Å². The van der Waals surface area contributed by atoms with E-state index < -0.39 is 0 Å². The summed E-state index contributed by atoms with van der Waals surface area (Å²) in [5.41, 5.74) is 2.04. The summed E-state index contributed by atoms with van der Waals surface area (Å²) in [4.78, 5) is 26.3. The van der Waals surface area contributed by atoms with Crippen LogP contribution in [-0.2, 0) is 6.54 Å². The average molecular weight is 245 g/mol. The number of hydrogen-bond donors (Lipinski definition) is 2. The Labute approximate surface area is 104 Å². The van der Waals surface area contributed by atoms with E-state index in [-0.39, 0.29) is 11.5 Å². The summed E-state index contributed by atoms with van der Waals surface area (Å²) < 4.78 is 1.54. The maximum Gasteiger partial charge on any atom is 0.257 e. The number of carbonyl (C=O) groups is 1. The number of amides is 1. The first-order valence-electron chi connectivity index (χ1n) is 5.77. The zero-order valence-corrected chi connectivity index (χ0v) is 10.4. The number of aromatic nitrogens is 2. The number of aryl methyl sites for hydroxylation is 2. The van der Waals surface area contributed by atoms with Crippen LogP contribution in [0.2, 0.25) is 0 Å². The molecule has 0 bridgehead atoms. The van der Waals surface area contributed by atoms with Crippen molar-refractivity contribution in [3.63, 3.8) is 0 Å². The van der Waals surface area contributed by atoms with Gasteiger partial charge in [0.1, 0.15) is 0 Å². The Morgan fingerprint density at radius 2 is 2.22 bits per heavy atom. The Kier molecular flexibility index (Phi) is 3.32. The highest BCUT2D eigenvalue weighted by Crippen LogP contribution is 2.08. The summed E-state index contributed by atoms with van der Waals surface area (Å²) in [5.74, 6) is -0.194. The Balaban J connectivity index is 2.19. The minimum absolute atomic E-state index is 0.0759. The van der Waals surface area contributed by atoms with Crippen LogP contribution in [0.1, 0.15) is 23.0 Å². The smallest absolute Gasteiger partial charge is 0.257 e. The number of carbonyl (C=O) groups excluding carboxylic acids is 1. The van der Waals surface area contributed by atoms with E-state index in [1.807, 2.05) is 13.8 Å². The second kappa shape index (κ2) is 4.91. The molecular formula is C13H15N3O2. The zero-order chi connectivity index (χ0) is 13.1. The molecule has 0 aliphatic carbocycles. The number of hydrogen-bond acceptors (Lipinski definition) is 2. The predicted octanol–water partition coefficient (Wildman–Crippen LogP) is 1.76.